The van der Waals surface area contributed by atoms with Crippen LogP contribution in [0.4, 0.5) is 0 Å². The van der Waals surface area contributed by atoms with Crippen molar-refractivity contribution in [2.45, 2.75) is 0 Å². The second kappa shape index (κ2) is 3.10. The molecule has 5 rings (SSSR count). The average Bonchev–Trinajstić information content (AvgIpc) is 2.47. The van der Waals surface area contributed by atoms with Crippen LogP contribution in [0.3, 0.4) is 0 Å². The van der Waals surface area contributed by atoms with Crippen molar-refractivity contribution in [3.8, 4) is 0 Å². The zero-order chi connectivity index (χ0) is 12.4. The van der Waals surface area contributed by atoms with Gasteiger partial charge in [-0.1, -0.05) is 6.07 Å². The monoisotopic (exact) mass is 239 g/mol. The van der Waals surface area contributed by atoms with Crippen LogP contribution in [0.1, 0.15) is 16.7 Å². The normalized spacial score (nSPS) is 13.2. The fourth-order valence-electron chi connectivity index (χ4n) is 3.44. The van der Waals surface area contributed by atoms with Gasteiger partial charge in [0.1, 0.15) is 0 Å². The average molecular weight is 239 g/mol. The molecule has 0 radical (unpaired) electrons. The Hall–Kier alpha value is -2.47. The smallest absolute Gasteiger partial charge is 0.0596 e. The Morgan fingerprint density at radius 3 is 2.32 bits per heavy atom. The zero-order valence-corrected chi connectivity index (χ0v) is 10.4. The molecule has 0 saturated heterocycles. The molecule has 0 atom stereocenters. The molecule has 0 nitrogen and oxygen atoms in total. The van der Waals surface area contributed by atoms with E-state index < -0.39 is 0 Å². The molecule has 0 amide bonds. The van der Waals surface area contributed by atoms with E-state index in [9.17, 15) is 0 Å². The predicted molar refractivity (Wildman–Crippen MR) is 79.6 cm³/mol. The van der Waals surface area contributed by atoms with Gasteiger partial charge >= 0.3 is 0 Å². The van der Waals surface area contributed by atoms with Crippen molar-refractivity contribution in [1.29, 1.82) is 0 Å². The van der Waals surface area contributed by atoms with Gasteiger partial charge in [0.15, 0.2) is 0 Å². The first kappa shape index (κ1) is 9.46. The Morgan fingerprint density at radius 2 is 1.32 bits per heavy atom. The standard InChI is InChI=1S/C19H11/c1-3-12-7-9-14-10-8-13-4-2-6-16-11-15(5-1)17(12)19(14)18(13)16/h1-11H/q+1. The fourth-order valence-corrected chi connectivity index (χ4v) is 3.44. The highest BCUT2D eigenvalue weighted by Crippen LogP contribution is 2.44. The molecule has 0 heterocycles. The Kier molecular flexibility index (Phi) is 1.54. The van der Waals surface area contributed by atoms with E-state index >= 15 is 0 Å². The van der Waals surface area contributed by atoms with Crippen molar-refractivity contribution < 1.29 is 0 Å². The summed E-state index contributed by atoms with van der Waals surface area (Å²) in [5.74, 6) is 1.41. The summed E-state index contributed by atoms with van der Waals surface area (Å²) in [5.41, 5.74) is 4.10. The summed E-state index contributed by atoms with van der Waals surface area (Å²) in [4.78, 5) is 0. The lowest BCUT2D eigenvalue weighted by molar-refractivity contribution is 1.23. The van der Waals surface area contributed by atoms with E-state index in [-0.39, 0.29) is 0 Å². The first-order valence-electron chi connectivity index (χ1n) is 6.64. The third-order valence-electron chi connectivity index (χ3n) is 4.24. The molecule has 0 spiro atoms. The summed E-state index contributed by atoms with van der Waals surface area (Å²) >= 11 is 0. The molecule has 86 valence electrons. The van der Waals surface area contributed by atoms with Crippen LogP contribution in [0.2, 0.25) is 0 Å². The minimum atomic E-state index is 1.34. The minimum absolute atomic E-state index is 1.34. The third kappa shape index (κ3) is 1.07. The van der Waals surface area contributed by atoms with Crippen molar-refractivity contribution in [1.82, 2.24) is 0 Å². The minimum Gasteiger partial charge on any atom is -0.0596 e. The highest BCUT2D eigenvalue weighted by atomic mass is 14.3. The summed E-state index contributed by atoms with van der Waals surface area (Å²) in [7, 11) is 0. The number of benzene rings is 2. The van der Waals surface area contributed by atoms with E-state index in [1.165, 1.54) is 44.2 Å². The Morgan fingerprint density at radius 1 is 0.579 bits per heavy atom. The summed E-state index contributed by atoms with van der Waals surface area (Å²) < 4.78 is 0. The van der Waals surface area contributed by atoms with Gasteiger partial charge in [0.25, 0.3) is 0 Å². The van der Waals surface area contributed by atoms with Crippen LogP contribution in [-0.2, 0) is 0 Å². The van der Waals surface area contributed by atoms with E-state index in [0.717, 1.165) is 0 Å². The summed E-state index contributed by atoms with van der Waals surface area (Å²) in [6.07, 6.45) is 0. The molecule has 0 unspecified atom stereocenters. The van der Waals surface area contributed by atoms with E-state index in [1.54, 1.807) is 0 Å². The molecular weight excluding hydrogens is 228 g/mol. The molecule has 0 aromatic heterocycles. The molecule has 2 aromatic rings. The van der Waals surface area contributed by atoms with Gasteiger partial charge in [0.2, 0.25) is 0 Å². The summed E-state index contributed by atoms with van der Waals surface area (Å²) in [6.45, 7) is 0. The lowest BCUT2D eigenvalue weighted by Gasteiger charge is -2.22. The van der Waals surface area contributed by atoms with Crippen molar-refractivity contribution in [2.24, 2.45) is 0 Å². The van der Waals surface area contributed by atoms with Crippen LogP contribution >= 0.6 is 0 Å². The maximum absolute atomic E-state index is 2.32. The van der Waals surface area contributed by atoms with Crippen LogP contribution in [0.25, 0.3) is 21.5 Å². The molecule has 2 aromatic carbocycles. The van der Waals surface area contributed by atoms with Crippen molar-refractivity contribution in [2.75, 3.05) is 0 Å². The van der Waals surface area contributed by atoms with Gasteiger partial charge in [0.05, 0.1) is 22.6 Å². The highest BCUT2D eigenvalue weighted by Gasteiger charge is 2.32. The van der Waals surface area contributed by atoms with Gasteiger partial charge in [-0.05, 0) is 54.6 Å². The summed E-state index contributed by atoms with van der Waals surface area (Å²) in [6, 6.07) is 24.4. The quantitative estimate of drug-likeness (QED) is 0.342. The summed E-state index contributed by atoms with van der Waals surface area (Å²) in [5, 5.41) is 5.43. The van der Waals surface area contributed by atoms with E-state index in [2.05, 4.69) is 66.7 Å². The van der Waals surface area contributed by atoms with Gasteiger partial charge < -0.3 is 0 Å². The molecule has 3 aliphatic rings. The highest BCUT2D eigenvalue weighted by molar-refractivity contribution is 6.08. The number of hydrogen-bond donors (Lipinski definition) is 0. The third-order valence-corrected chi connectivity index (χ3v) is 4.24. The van der Waals surface area contributed by atoms with Gasteiger partial charge in [0, 0.05) is 27.6 Å². The second-order valence-electron chi connectivity index (χ2n) is 5.26. The molecule has 0 aliphatic heterocycles. The van der Waals surface area contributed by atoms with Crippen LogP contribution in [0.15, 0.2) is 66.7 Å². The van der Waals surface area contributed by atoms with E-state index in [0.29, 0.717) is 0 Å². The van der Waals surface area contributed by atoms with Gasteiger partial charge in [-0.25, -0.2) is 0 Å². The molecular formula is C19H11+. The van der Waals surface area contributed by atoms with Gasteiger partial charge in [-0.2, -0.15) is 0 Å². The largest absolute Gasteiger partial charge is 0.0707 e. The zero-order valence-electron chi connectivity index (χ0n) is 10.4. The second-order valence-corrected chi connectivity index (χ2v) is 5.26. The maximum Gasteiger partial charge on any atom is 0.0707 e. The molecule has 0 bridgehead atoms. The first-order valence-corrected chi connectivity index (χ1v) is 6.64. The van der Waals surface area contributed by atoms with Crippen LogP contribution < -0.4 is 0 Å². The van der Waals surface area contributed by atoms with Gasteiger partial charge in [-0.15, -0.1) is 0 Å². The van der Waals surface area contributed by atoms with Crippen LogP contribution in [-0.4, -0.2) is 0 Å². The van der Waals surface area contributed by atoms with E-state index in [4.69, 9.17) is 0 Å². The first-order chi connectivity index (χ1) is 9.42. The Bertz CT molecular complexity index is 917. The lowest BCUT2D eigenvalue weighted by Crippen LogP contribution is -2.10. The topological polar surface area (TPSA) is 0 Å². The molecule has 0 saturated carbocycles. The fraction of sp³-hybridized carbons (Fsp3) is 0. The molecule has 19 heavy (non-hydrogen) atoms. The van der Waals surface area contributed by atoms with Crippen LogP contribution in [0.5, 0.6) is 0 Å². The maximum atomic E-state index is 2.32. The van der Waals surface area contributed by atoms with Crippen molar-refractivity contribution in [3.63, 3.8) is 0 Å². The Labute approximate surface area is 111 Å². The predicted octanol–water partition coefficient (Wildman–Crippen LogP) is 4.76. The van der Waals surface area contributed by atoms with E-state index in [1.807, 2.05) is 0 Å². The number of hydrogen-bond acceptors (Lipinski definition) is 0. The van der Waals surface area contributed by atoms with Crippen molar-refractivity contribution >= 4 is 21.5 Å². The molecule has 0 fully saturated rings. The molecule has 0 heteroatoms. The molecule has 0 N–H and O–H groups in total. The molecule has 3 aliphatic carbocycles. The SMILES string of the molecule is c1cc2ccc3ccc4cccc5cc(c1)[C+]2c3c45. The number of rotatable bonds is 0. The Balaban J connectivity index is 2.18. The van der Waals surface area contributed by atoms with Crippen molar-refractivity contribution in [3.05, 3.63) is 89.3 Å². The van der Waals surface area contributed by atoms with Crippen LogP contribution in [0, 0.1) is 5.92 Å². The van der Waals surface area contributed by atoms with Gasteiger partial charge in [-0.3, -0.25) is 0 Å². The lowest BCUT2D eigenvalue weighted by atomic mass is 9.75.